The van der Waals surface area contributed by atoms with Gasteiger partial charge in [0.15, 0.2) is 11.5 Å². The average molecular weight is 320 g/mol. The summed E-state index contributed by atoms with van der Waals surface area (Å²) in [6.07, 6.45) is 3.08. The van der Waals surface area contributed by atoms with E-state index in [9.17, 15) is 14.9 Å². The van der Waals surface area contributed by atoms with Crippen LogP contribution in [0.15, 0.2) is 37.4 Å². The fourth-order valence-corrected chi connectivity index (χ4v) is 2.02. The average Bonchev–Trinajstić information content (AvgIpc) is 2.53. The van der Waals surface area contributed by atoms with E-state index in [1.165, 1.54) is 24.1 Å². The van der Waals surface area contributed by atoms with Crippen LogP contribution in [-0.2, 0) is 0 Å². The fourth-order valence-electron chi connectivity index (χ4n) is 2.02. The molecule has 0 N–H and O–H groups in total. The zero-order valence-corrected chi connectivity index (χ0v) is 13.3. The monoisotopic (exact) mass is 320 g/mol. The summed E-state index contributed by atoms with van der Waals surface area (Å²) in [7, 11) is 1.38. The Morgan fingerprint density at radius 2 is 1.91 bits per heavy atom. The Morgan fingerprint density at radius 1 is 1.30 bits per heavy atom. The number of ether oxygens (including phenoxy) is 2. The minimum atomic E-state index is -0.620. The highest BCUT2D eigenvalue weighted by Crippen LogP contribution is 2.35. The molecule has 0 radical (unpaired) electrons. The Bertz CT molecular complexity index is 603. The van der Waals surface area contributed by atoms with E-state index in [1.54, 1.807) is 19.1 Å². The first-order valence-corrected chi connectivity index (χ1v) is 7.00. The third kappa shape index (κ3) is 4.32. The lowest BCUT2D eigenvalue weighted by Crippen LogP contribution is -2.31. The van der Waals surface area contributed by atoms with Crippen LogP contribution in [0.25, 0.3) is 0 Å². The number of hydrogen-bond acceptors (Lipinski definition) is 5. The molecule has 0 saturated carbocycles. The topological polar surface area (TPSA) is 81.9 Å². The molecule has 0 atom stereocenters. The van der Waals surface area contributed by atoms with Crippen molar-refractivity contribution in [3.8, 4) is 11.5 Å². The molecule has 0 bridgehead atoms. The van der Waals surface area contributed by atoms with E-state index in [-0.39, 0.29) is 35.8 Å². The zero-order chi connectivity index (χ0) is 17.4. The van der Waals surface area contributed by atoms with Crippen LogP contribution in [0.5, 0.6) is 11.5 Å². The molecule has 1 aromatic carbocycles. The van der Waals surface area contributed by atoms with Crippen molar-refractivity contribution in [3.05, 3.63) is 53.1 Å². The summed E-state index contributed by atoms with van der Waals surface area (Å²) in [4.78, 5) is 24.7. The van der Waals surface area contributed by atoms with Gasteiger partial charge in [-0.1, -0.05) is 12.2 Å². The van der Waals surface area contributed by atoms with Gasteiger partial charge in [-0.05, 0) is 6.92 Å². The van der Waals surface area contributed by atoms with E-state index in [0.29, 0.717) is 6.61 Å². The Labute approximate surface area is 135 Å². The second-order valence-electron chi connectivity index (χ2n) is 4.50. The summed E-state index contributed by atoms with van der Waals surface area (Å²) in [5, 5.41) is 11.3. The van der Waals surface area contributed by atoms with Crippen molar-refractivity contribution in [2.24, 2.45) is 0 Å². The first-order valence-electron chi connectivity index (χ1n) is 7.00. The molecule has 0 unspecified atom stereocenters. The van der Waals surface area contributed by atoms with Gasteiger partial charge in [0.05, 0.1) is 24.7 Å². The van der Waals surface area contributed by atoms with Gasteiger partial charge >= 0.3 is 0 Å². The second-order valence-corrected chi connectivity index (χ2v) is 4.50. The molecule has 0 heterocycles. The normalized spacial score (nSPS) is 9.83. The van der Waals surface area contributed by atoms with Gasteiger partial charge in [-0.15, -0.1) is 13.2 Å². The molecule has 0 saturated heterocycles. The molecule has 124 valence electrons. The van der Waals surface area contributed by atoms with Crippen LogP contribution < -0.4 is 9.47 Å². The second kappa shape index (κ2) is 8.57. The number of amides is 1. The molecule has 0 fully saturated rings. The summed E-state index contributed by atoms with van der Waals surface area (Å²) < 4.78 is 10.5. The van der Waals surface area contributed by atoms with E-state index < -0.39 is 10.8 Å². The third-order valence-electron chi connectivity index (χ3n) is 3.00. The number of carbonyl (C=O) groups excluding carboxylic acids is 1. The Balaban J connectivity index is 3.43. The highest BCUT2D eigenvalue weighted by atomic mass is 16.6. The van der Waals surface area contributed by atoms with Crippen molar-refractivity contribution in [1.29, 1.82) is 0 Å². The quantitative estimate of drug-likeness (QED) is 0.397. The summed E-state index contributed by atoms with van der Waals surface area (Å²) in [5.41, 5.74) is -0.406. The Morgan fingerprint density at radius 3 is 2.35 bits per heavy atom. The van der Waals surface area contributed by atoms with E-state index in [0.717, 1.165) is 0 Å². The predicted octanol–water partition coefficient (Wildman–Crippen LogP) is 2.82. The summed E-state index contributed by atoms with van der Waals surface area (Å²) in [6, 6.07) is 2.53. The lowest BCUT2D eigenvalue weighted by atomic mass is 10.1. The molecule has 0 spiro atoms. The van der Waals surface area contributed by atoms with Crippen molar-refractivity contribution < 1.29 is 19.2 Å². The molecular formula is C16H20N2O5. The van der Waals surface area contributed by atoms with Gasteiger partial charge in [0, 0.05) is 19.2 Å². The van der Waals surface area contributed by atoms with Gasteiger partial charge in [0.2, 0.25) is 0 Å². The summed E-state index contributed by atoms with van der Waals surface area (Å²) in [6.45, 7) is 9.77. The van der Waals surface area contributed by atoms with E-state index >= 15 is 0 Å². The molecule has 0 aliphatic heterocycles. The number of benzene rings is 1. The fraction of sp³-hybridized carbons (Fsp3) is 0.312. The van der Waals surface area contributed by atoms with Gasteiger partial charge in [0.1, 0.15) is 5.56 Å². The molecule has 0 aliphatic carbocycles. The minimum Gasteiger partial charge on any atom is -0.493 e. The van der Waals surface area contributed by atoms with Crippen LogP contribution in [0.3, 0.4) is 0 Å². The first kappa shape index (κ1) is 18.2. The van der Waals surface area contributed by atoms with Gasteiger partial charge < -0.3 is 14.4 Å². The molecule has 1 rings (SSSR count). The molecule has 1 amide bonds. The van der Waals surface area contributed by atoms with E-state index in [1.807, 2.05) is 0 Å². The Kier molecular flexibility index (Phi) is 6.79. The molecule has 1 aromatic rings. The lowest BCUT2D eigenvalue weighted by Gasteiger charge is -2.20. The largest absolute Gasteiger partial charge is 0.493 e. The molecule has 23 heavy (non-hydrogen) atoms. The van der Waals surface area contributed by atoms with Crippen LogP contribution in [0.4, 0.5) is 5.69 Å². The maximum atomic E-state index is 12.6. The standard InChI is InChI=1S/C16H20N2O5/c1-5-8-17(9-6-2)16(19)12-10-15(23-7-3)14(22-4)11-13(12)18(20)21/h5-6,10-11H,1-2,7-9H2,3-4H3. The third-order valence-corrected chi connectivity index (χ3v) is 3.00. The molecule has 0 aromatic heterocycles. The van der Waals surface area contributed by atoms with Crippen LogP contribution >= 0.6 is 0 Å². The van der Waals surface area contributed by atoms with E-state index in [4.69, 9.17) is 9.47 Å². The smallest absolute Gasteiger partial charge is 0.286 e. The summed E-state index contributed by atoms with van der Waals surface area (Å²) in [5.74, 6) is -0.0182. The highest BCUT2D eigenvalue weighted by molar-refractivity contribution is 5.99. The first-order chi connectivity index (χ1) is 11.0. The Hall–Kier alpha value is -2.83. The van der Waals surface area contributed by atoms with Crippen molar-refractivity contribution in [2.45, 2.75) is 6.92 Å². The van der Waals surface area contributed by atoms with Crippen molar-refractivity contribution in [1.82, 2.24) is 4.90 Å². The maximum absolute atomic E-state index is 12.6. The SMILES string of the molecule is C=CCN(CC=C)C(=O)c1cc(OCC)c(OC)cc1[N+](=O)[O-]. The van der Waals surface area contributed by atoms with Crippen LogP contribution in [0, 0.1) is 10.1 Å². The maximum Gasteiger partial charge on any atom is 0.286 e. The lowest BCUT2D eigenvalue weighted by molar-refractivity contribution is -0.385. The van der Waals surface area contributed by atoms with Crippen LogP contribution in [0.2, 0.25) is 0 Å². The number of hydrogen-bond donors (Lipinski definition) is 0. The number of carbonyl (C=O) groups is 1. The van der Waals surface area contributed by atoms with Crippen LogP contribution in [-0.4, -0.2) is 42.5 Å². The number of nitrogens with zero attached hydrogens (tertiary/aromatic N) is 2. The molecule has 0 aliphatic rings. The number of methoxy groups -OCH3 is 1. The highest BCUT2D eigenvalue weighted by Gasteiger charge is 2.27. The molecular weight excluding hydrogens is 300 g/mol. The van der Waals surface area contributed by atoms with Crippen molar-refractivity contribution in [3.63, 3.8) is 0 Å². The number of nitro groups is 1. The van der Waals surface area contributed by atoms with Gasteiger partial charge in [-0.25, -0.2) is 0 Å². The minimum absolute atomic E-state index is 0.0667. The van der Waals surface area contributed by atoms with E-state index in [2.05, 4.69) is 13.2 Å². The zero-order valence-electron chi connectivity index (χ0n) is 13.3. The predicted molar refractivity (Wildman–Crippen MR) is 87.1 cm³/mol. The van der Waals surface area contributed by atoms with Gasteiger partial charge in [0.25, 0.3) is 11.6 Å². The molecule has 7 heteroatoms. The van der Waals surface area contributed by atoms with Gasteiger partial charge in [-0.2, -0.15) is 0 Å². The number of rotatable bonds is 9. The van der Waals surface area contributed by atoms with Gasteiger partial charge in [-0.3, -0.25) is 14.9 Å². The van der Waals surface area contributed by atoms with Crippen molar-refractivity contribution >= 4 is 11.6 Å². The van der Waals surface area contributed by atoms with Crippen LogP contribution in [0.1, 0.15) is 17.3 Å². The van der Waals surface area contributed by atoms with Crippen molar-refractivity contribution in [2.75, 3.05) is 26.8 Å². The number of nitro benzene ring substituents is 1. The molecule has 7 nitrogen and oxygen atoms in total. The summed E-state index contributed by atoms with van der Waals surface area (Å²) >= 11 is 0.